The van der Waals surface area contributed by atoms with Gasteiger partial charge in [-0.1, -0.05) is 20.8 Å². The van der Waals surface area contributed by atoms with Crippen LogP contribution in [0.5, 0.6) is 0 Å². The van der Waals surface area contributed by atoms with Gasteiger partial charge in [-0.2, -0.15) is 0 Å². The van der Waals surface area contributed by atoms with E-state index in [-0.39, 0.29) is 36.5 Å². The van der Waals surface area contributed by atoms with Crippen LogP contribution in [-0.2, 0) is 23.9 Å². The maximum Gasteiger partial charge on any atom is 0.323 e. The third kappa shape index (κ3) is 3.36. The van der Waals surface area contributed by atoms with Crippen molar-refractivity contribution >= 4 is 17.9 Å². The Morgan fingerprint density at radius 2 is 1.57 bits per heavy atom. The molecule has 6 nitrogen and oxygen atoms in total. The van der Waals surface area contributed by atoms with Gasteiger partial charge in [0.05, 0.1) is 14.2 Å². The Balaban J connectivity index is 3.22. The van der Waals surface area contributed by atoms with Gasteiger partial charge in [-0.3, -0.25) is 14.4 Å². The fourth-order valence-corrected chi connectivity index (χ4v) is 3.47. The smallest absolute Gasteiger partial charge is 0.323 e. The van der Waals surface area contributed by atoms with E-state index in [1.54, 1.807) is 0 Å². The van der Waals surface area contributed by atoms with Crippen LogP contribution in [0.3, 0.4) is 0 Å². The molecule has 21 heavy (non-hydrogen) atoms. The number of carboxylic acids is 1. The molecule has 6 heteroatoms. The highest BCUT2D eigenvalue weighted by Crippen LogP contribution is 2.54. The van der Waals surface area contributed by atoms with Gasteiger partial charge in [0.15, 0.2) is 5.41 Å². The molecule has 2 unspecified atom stereocenters. The maximum atomic E-state index is 12.2. The van der Waals surface area contributed by atoms with E-state index < -0.39 is 23.3 Å². The number of hydrogen-bond donors (Lipinski definition) is 1. The molecule has 2 atom stereocenters. The predicted octanol–water partition coefficient (Wildman–Crippen LogP) is 1.87. The fourth-order valence-electron chi connectivity index (χ4n) is 3.47. The lowest BCUT2D eigenvalue weighted by Gasteiger charge is -2.32. The van der Waals surface area contributed by atoms with Crippen molar-refractivity contribution in [2.45, 2.75) is 40.0 Å². The number of hydrogen-bond acceptors (Lipinski definition) is 5. The van der Waals surface area contributed by atoms with Crippen LogP contribution in [0.15, 0.2) is 0 Å². The molecule has 1 N–H and O–H groups in total. The summed E-state index contributed by atoms with van der Waals surface area (Å²) < 4.78 is 9.58. The van der Waals surface area contributed by atoms with Crippen molar-refractivity contribution in [3.63, 3.8) is 0 Å². The standard InChI is InChI=1S/C15H24O6/c1-14(2,3)10-8-15(12(18)20-4,13(19)21-5)7-9(10)6-11(16)17/h9-10H,6-8H2,1-5H3,(H,16,17). The summed E-state index contributed by atoms with van der Waals surface area (Å²) in [6.45, 7) is 5.95. The van der Waals surface area contributed by atoms with E-state index in [1.807, 2.05) is 20.8 Å². The minimum Gasteiger partial charge on any atom is -0.481 e. The molecular weight excluding hydrogens is 276 g/mol. The summed E-state index contributed by atoms with van der Waals surface area (Å²) in [6.07, 6.45) is 0.339. The van der Waals surface area contributed by atoms with Gasteiger partial charge in [0.25, 0.3) is 0 Å². The second-order valence-electron chi connectivity index (χ2n) is 6.80. The summed E-state index contributed by atoms with van der Waals surface area (Å²) in [5, 5.41) is 9.09. The predicted molar refractivity (Wildman–Crippen MR) is 74.4 cm³/mol. The minimum atomic E-state index is -1.39. The Morgan fingerprint density at radius 1 is 1.10 bits per heavy atom. The molecular formula is C15H24O6. The maximum absolute atomic E-state index is 12.2. The molecule has 120 valence electrons. The molecule has 1 rings (SSSR count). The molecule has 1 saturated carbocycles. The Labute approximate surface area is 124 Å². The SMILES string of the molecule is COC(=O)C1(C(=O)OC)CC(CC(=O)O)C(C(C)(C)C)C1. The summed E-state index contributed by atoms with van der Waals surface area (Å²) >= 11 is 0. The highest BCUT2D eigenvalue weighted by molar-refractivity contribution is 6.00. The zero-order valence-corrected chi connectivity index (χ0v) is 13.3. The van der Waals surface area contributed by atoms with Gasteiger partial charge >= 0.3 is 17.9 Å². The molecule has 1 aliphatic rings. The number of carbonyl (C=O) groups is 3. The first-order valence-corrected chi connectivity index (χ1v) is 6.97. The van der Waals surface area contributed by atoms with E-state index in [1.165, 1.54) is 14.2 Å². The first-order chi connectivity index (χ1) is 9.58. The van der Waals surface area contributed by atoms with E-state index in [4.69, 9.17) is 14.6 Å². The van der Waals surface area contributed by atoms with Crippen molar-refractivity contribution in [3.05, 3.63) is 0 Å². The van der Waals surface area contributed by atoms with E-state index in [9.17, 15) is 14.4 Å². The van der Waals surface area contributed by atoms with Gasteiger partial charge in [-0.25, -0.2) is 0 Å². The molecule has 0 heterocycles. The van der Waals surface area contributed by atoms with Crippen LogP contribution in [0, 0.1) is 22.7 Å². The normalized spacial score (nSPS) is 24.4. The molecule has 0 aromatic heterocycles. The quantitative estimate of drug-likeness (QED) is 0.629. The molecule has 1 fully saturated rings. The van der Waals surface area contributed by atoms with Crippen LogP contribution in [0.2, 0.25) is 0 Å². The monoisotopic (exact) mass is 300 g/mol. The van der Waals surface area contributed by atoms with Crippen molar-refractivity contribution in [3.8, 4) is 0 Å². The Morgan fingerprint density at radius 3 is 1.90 bits per heavy atom. The third-order valence-corrected chi connectivity index (χ3v) is 4.45. The minimum absolute atomic E-state index is 0.0718. The zero-order chi connectivity index (χ0) is 16.4. The van der Waals surface area contributed by atoms with Gasteiger partial charge in [0, 0.05) is 6.42 Å². The molecule has 0 saturated heterocycles. The summed E-state index contributed by atoms with van der Waals surface area (Å²) in [5.74, 6) is -2.56. The van der Waals surface area contributed by atoms with Crippen molar-refractivity contribution in [2.75, 3.05) is 14.2 Å². The average Bonchev–Trinajstić information content (AvgIpc) is 2.76. The number of ether oxygens (including phenoxy) is 2. The lowest BCUT2D eigenvalue weighted by atomic mass is 9.73. The Hall–Kier alpha value is -1.59. The topological polar surface area (TPSA) is 89.9 Å². The van der Waals surface area contributed by atoms with E-state index >= 15 is 0 Å². The van der Waals surface area contributed by atoms with Crippen LogP contribution in [0.1, 0.15) is 40.0 Å². The molecule has 0 bridgehead atoms. The number of carbonyl (C=O) groups excluding carboxylic acids is 2. The van der Waals surface area contributed by atoms with Crippen molar-refractivity contribution in [1.29, 1.82) is 0 Å². The van der Waals surface area contributed by atoms with Gasteiger partial charge < -0.3 is 14.6 Å². The number of esters is 2. The number of rotatable bonds is 4. The Kier molecular flexibility index (Phi) is 5.02. The summed E-state index contributed by atoms with van der Waals surface area (Å²) in [4.78, 5) is 35.4. The van der Waals surface area contributed by atoms with Crippen molar-refractivity contribution < 1.29 is 29.0 Å². The van der Waals surface area contributed by atoms with Gasteiger partial charge in [0.2, 0.25) is 0 Å². The fraction of sp³-hybridized carbons (Fsp3) is 0.800. The largest absolute Gasteiger partial charge is 0.481 e. The lowest BCUT2D eigenvalue weighted by Crippen LogP contribution is -2.39. The second kappa shape index (κ2) is 6.03. The van der Waals surface area contributed by atoms with Gasteiger partial charge in [-0.15, -0.1) is 0 Å². The number of carboxylic acid groups (broad SMARTS) is 1. The number of methoxy groups -OCH3 is 2. The highest BCUT2D eigenvalue weighted by Gasteiger charge is 2.59. The van der Waals surface area contributed by atoms with Crippen LogP contribution < -0.4 is 0 Å². The molecule has 0 radical (unpaired) electrons. The molecule has 0 spiro atoms. The van der Waals surface area contributed by atoms with Gasteiger partial charge in [-0.05, 0) is 30.1 Å². The van der Waals surface area contributed by atoms with E-state index in [2.05, 4.69) is 0 Å². The molecule has 0 aromatic carbocycles. The molecule has 0 aliphatic heterocycles. The average molecular weight is 300 g/mol. The summed E-state index contributed by atoms with van der Waals surface area (Å²) in [5.41, 5.74) is -1.61. The summed E-state index contributed by atoms with van der Waals surface area (Å²) in [7, 11) is 2.45. The highest BCUT2D eigenvalue weighted by atomic mass is 16.5. The second-order valence-corrected chi connectivity index (χ2v) is 6.80. The molecule has 1 aliphatic carbocycles. The van der Waals surface area contributed by atoms with E-state index in [0.29, 0.717) is 0 Å². The lowest BCUT2D eigenvalue weighted by molar-refractivity contribution is -0.169. The number of aliphatic carboxylic acids is 1. The van der Waals surface area contributed by atoms with Crippen molar-refractivity contribution in [2.24, 2.45) is 22.7 Å². The third-order valence-electron chi connectivity index (χ3n) is 4.45. The van der Waals surface area contributed by atoms with Crippen LogP contribution >= 0.6 is 0 Å². The first kappa shape index (κ1) is 17.5. The van der Waals surface area contributed by atoms with Crippen LogP contribution in [0.4, 0.5) is 0 Å². The molecule has 0 aromatic rings. The van der Waals surface area contributed by atoms with Gasteiger partial charge in [0.1, 0.15) is 0 Å². The zero-order valence-electron chi connectivity index (χ0n) is 13.3. The van der Waals surface area contributed by atoms with Crippen LogP contribution in [-0.4, -0.2) is 37.2 Å². The molecule has 0 amide bonds. The summed E-state index contributed by atoms with van der Waals surface area (Å²) in [6, 6.07) is 0. The van der Waals surface area contributed by atoms with E-state index in [0.717, 1.165) is 0 Å². The van der Waals surface area contributed by atoms with Crippen LogP contribution in [0.25, 0.3) is 0 Å². The van der Waals surface area contributed by atoms with Crippen molar-refractivity contribution in [1.82, 2.24) is 0 Å². The Bertz CT molecular complexity index is 418. The first-order valence-electron chi connectivity index (χ1n) is 6.97.